The van der Waals surface area contributed by atoms with Crippen LogP contribution in [-0.4, -0.2) is 84.4 Å². The number of unbranched alkanes of at least 4 members (excludes halogenated alkanes) is 2. The fourth-order valence-corrected chi connectivity index (χ4v) is 6.81. The zero-order valence-corrected chi connectivity index (χ0v) is 32.6. The number of hydrogen-bond donors (Lipinski definition) is 9. The van der Waals surface area contributed by atoms with Crippen LogP contribution in [0.25, 0.3) is 0 Å². The molecule has 311 valence electrons. The van der Waals surface area contributed by atoms with Crippen LogP contribution in [0, 0.1) is 11.8 Å². The molecule has 4 rings (SSSR count). The summed E-state index contributed by atoms with van der Waals surface area (Å²) < 4.78 is 83.1. The first kappa shape index (κ1) is 46.6. The predicted molar refractivity (Wildman–Crippen MR) is 195 cm³/mol. The Kier molecular flexibility index (Phi) is 18.0. The van der Waals surface area contributed by atoms with Gasteiger partial charge in [-0.05, 0) is 61.7 Å². The molecule has 0 spiro atoms. The minimum atomic E-state index is -4.89. The first-order valence-corrected chi connectivity index (χ1v) is 19.6. The van der Waals surface area contributed by atoms with Crippen LogP contribution in [0.3, 0.4) is 0 Å². The Bertz CT molecular complexity index is 2100. The van der Waals surface area contributed by atoms with E-state index in [4.69, 9.17) is 19.8 Å². The molecular formula is C29H33CuN5O17S4. The average Bonchev–Trinajstić information content (AvgIpc) is 3.12. The van der Waals surface area contributed by atoms with Gasteiger partial charge in [-0.25, -0.2) is 24.5 Å². The van der Waals surface area contributed by atoms with Gasteiger partial charge in [0.05, 0.1) is 65.7 Å². The van der Waals surface area contributed by atoms with Gasteiger partial charge in [-0.1, -0.05) is 22.2 Å². The van der Waals surface area contributed by atoms with E-state index in [1.807, 2.05) is 0 Å². The zero-order valence-electron chi connectivity index (χ0n) is 28.4. The molecule has 0 aliphatic heterocycles. The number of phenols is 1. The fourth-order valence-electron chi connectivity index (χ4n) is 5.06. The van der Waals surface area contributed by atoms with Crippen LogP contribution < -0.4 is 20.8 Å². The van der Waals surface area contributed by atoms with Crippen LogP contribution in [0.1, 0.15) is 19.3 Å². The maximum absolute atomic E-state index is 12.8. The minimum Gasteiger partial charge on any atom is -0.512 e. The molecule has 2 amide bonds. The predicted octanol–water partition coefficient (Wildman–Crippen LogP) is 4.94. The van der Waals surface area contributed by atoms with Crippen LogP contribution >= 0.6 is 24.1 Å². The summed E-state index contributed by atoms with van der Waals surface area (Å²) in [7, 11) is -8.24. The van der Waals surface area contributed by atoms with Gasteiger partial charge in [0.25, 0.3) is 10.1 Å². The second kappa shape index (κ2) is 21.7. The van der Waals surface area contributed by atoms with Gasteiger partial charge in [0.2, 0.25) is 0 Å². The molecule has 27 heteroatoms. The maximum Gasteiger partial charge on any atom is 0.397 e. The van der Waals surface area contributed by atoms with Crippen molar-refractivity contribution >= 4 is 79.1 Å². The first-order chi connectivity index (χ1) is 26.1. The van der Waals surface area contributed by atoms with Gasteiger partial charge in [0.15, 0.2) is 5.75 Å². The van der Waals surface area contributed by atoms with E-state index in [9.17, 15) is 36.4 Å². The van der Waals surface area contributed by atoms with Crippen molar-refractivity contribution in [2.75, 3.05) is 31.0 Å². The van der Waals surface area contributed by atoms with Crippen LogP contribution in [-0.2, 0) is 60.5 Å². The number of nitrogens with one attached hydrogen (secondary N) is 3. The molecule has 0 saturated carbocycles. The molecule has 2 aliphatic rings. The van der Waals surface area contributed by atoms with Crippen molar-refractivity contribution in [2.24, 2.45) is 21.9 Å². The maximum atomic E-state index is 12.8. The van der Waals surface area contributed by atoms with E-state index in [2.05, 4.69) is 49.1 Å². The molecule has 2 aromatic rings. The Hall–Kier alpha value is -3.77. The number of rotatable bonds is 19. The molecule has 2 aliphatic carbocycles. The van der Waals surface area contributed by atoms with Gasteiger partial charge in [-0.15, -0.1) is 8.67 Å². The number of aliphatic hydroxyl groups excluding tert-OH is 1. The third-order valence-corrected chi connectivity index (χ3v) is 9.79. The number of phenolic OH excluding ortho intramolecular Hbond substituents is 1. The zero-order chi connectivity index (χ0) is 40.2. The molecular weight excluding hydrogens is 882 g/mol. The number of carbonyl (C=O) groups excluding carboxylic acids is 1. The summed E-state index contributed by atoms with van der Waals surface area (Å²) >= 11 is 1.19. The number of amides is 2. The Morgan fingerprint density at radius 2 is 1.68 bits per heavy atom. The number of methoxy groups -OCH3 is 1. The minimum absolute atomic E-state index is 0. The van der Waals surface area contributed by atoms with Gasteiger partial charge in [-0.3, -0.25) is 14.5 Å². The SMILES string of the molecule is COc1c(N/N=C2\C(=Nc3cc(SOOO)ccc3O)C=CC3C=C(SOOO)C=C(O)C23)cc(S(=O)(=O)O)cc1NC(=O)NCCCCCOS(=O)(=O)O.[Cu]. The van der Waals surface area contributed by atoms with Crippen molar-refractivity contribution in [1.82, 2.24) is 5.32 Å². The number of aromatic hydroxyl groups is 1. The van der Waals surface area contributed by atoms with Gasteiger partial charge in [0, 0.05) is 39.3 Å². The molecule has 0 heterocycles. The summed E-state index contributed by atoms with van der Waals surface area (Å²) in [4.78, 5) is 17.3. The molecule has 1 radical (unpaired) electrons. The number of aliphatic hydroxyl groups is 1. The monoisotopic (exact) mass is 914 g/mol. The van der Waals surface area contributed by atoms with Crippen LogP contribution in [0.5, 0.6) is 11.5 Å². The fraction of sp³-hybridized carbons (Fsp3) is 0.276. The van der Waals surface area contributed by atoms with Crippen molar-refractivity contribution in [1.29, 1.82) is 0 Å². The topological polar surface area (TPSA) is 323 Å². The van der Waals surface area contributed by atoms with Gasteiger partial charge in [-0.2, -0.15) is 21.9 Å². The number of ether oxygens (including phenoxy) is 1. The molecule has 0 bridgehead atoms. The molecule has 0 fully saturated rings. The van der Waals surface area contributed by atoms with Crippen molar-refractivity contribution in [3.05, 3.63) is 65.3 Å². The normalized spacial score (nSPS) is 18.1. The number of allylic oxidation sites excluding steroid dienone is 5. The molecule has 0 aromatic heterocycles. The summed E-state index contributed by atoms with van der Waals surface area (Å²) in [6, 6.07) is 5.21. The molecule has 56 heavy (non-hydrogen) atoms. The Morgan fingerprint density at radius 3 is 2.36 bits per heavy atom. The Balaban J connectivity index is 0.00000841. The average molecular weight is 915 g/mol. The summed E-state index contributed by atoms with van der Waals surface area (Å²) in [5.41, 5.74) is 2.36. The van der Waals surface area contributed by atoms with Gasteiger partial charge >= 0.3 is 16.4 Å². The number of carbonyl (C=O) groups is 1. The molecule has 9 N–H and O–H groups in total. The Labute approximate surface area is 337 Å². The largest absolute Gasteiger partial charge is 0.512 e. The van der Waals surface area contributed by atoms with Crippen molar-refractivity contribution in [3.8, 4) is 11.5 Å². The van der Waals surface area contributed by atoms with E-state index in [1.165, 1.54) is 37.5 Å². The van der Waals surface area contributed by atoms with E-state index < -0.39 is 43.3 Å². The summed E-state index contributed by atoms with van der Waals surface area (Å²) in [6.07, 6.45) is 7.15. The number of anilines is 2. The van der Waals surface area contributed by atoms with E-state index in [1.54, 1.807) is 12.2 Å². The summed E-state index contributed by atoms with van der Waals surface area (Å²) in [5.74, 6) is -2.26. The van der Waals surface area contributed by atoms with Crippen LogP contribution in [0.15, 0.2) is 85.2 Å². The summed E-state index contributed by atoms with van der Waals surface area (Å²) in [5, 5.41) is 55.6. The van der Waals surface area contributed by atoms with E-state index >= 15 is 0 Å². The molecule has 2 atom stereocenters. The third kappa shape index (κ3) is 13.7. The molecule has 2 aromatic carbocycles. The standard InChI is InChI=1S/C29H33N5O17S4.Cu/c1-46-28-22(32-29(37)30-9-3-2-4-10-47-55(43,44)45)14-19(54(40,41)42)15-23(28)33-34-27-20(31-21-12-17(52-50-48-38)6-8-24(21)35)7-5-16-11-18(53-51-49-39)13-25(36)26(16)27;/h5-8,11-16,26,33,35-36,38-39H,2-4,9-10H2,1H3,(H2,30,32,37)(H,40,41,42)(H,43,44,45);/b31-20?,34-27+;. The summed E-state index contributed by atoms with van der Waals surface area (Å²) in [6.45, 7) is -0.165. The smallest absolute Gasteiger partial charge is 0.397 e. The van der Waals surface area contributed by atoms with Gasteiger partial charge in [0.1, 0.15) is 22.9 Å². The second-order valence-corrected chi connectivity index (χ2v) is 15.0. The number of benzene rings is 2. The Morgan fingerprint density at radius 1 is 0.964 bits per heavy atom. The number of fused-ring (bicyclic) bond motifs is 1. The third-order valence-electron chi connectivity index (χ3n) is 7.34. The van der Waals surface area contributed by atoms with E-state index in [0.717, 1.165) is 12.1 Å². The quantitative estimate of drug-likeness (QED) is 0.0225. The molecule has 2 unspecified atom stereocenters. The van der Waals surface area contributed by atoms with E-state index in [-0.39, 0.29) is 82.4 Å². The van der Waals surface area contributed by atoms with Gasteiger partial charge < -0.3 is 25.6 Å². The molecule has 0 saturated heterocycles. The number of hydrogen-bond acceptors (Lipinski definition) is 20. The van der Waals surface area contributed by atoms with Crippen LogP contribution in [0.4, 0.5) is 21.9 Å². The van der Waals surface area contributed by atoms with Crippen molar-refractivity contribution < 1.29 is 96.2 Å². The van der Waals surface area contributed by atoms with E-state index in [0.29, 0.717) is 46.7 Å². The van der Waals surface area contributed by atoms with Crippen molar-refractivity contribution in [2.45, 2.75) is 29.1 Å². The first-order valence-electron chi connectivity index (χ1n) is 15.4. The number of hydrazone groups is 1. The molecule has 22 nitrogen and oxygen atoms in total. The number of aliphatic imine (C=N–C) groups is 1. The van der Waals surface area contributed by atoms with Crippen LogP contribution in [0.2, 0.25) is 0 Å². The second-order valence-electron chi connectivity index (χ2n) is 11.0. The number of nitrogens with zero attached hydrogens (tertiary/aromatic N) is 2. The van der Waals surface area contributed by atoms with Crippen molar-refractivity contribution in [3.63, 3.8) is 0 Å². The number of urea groups is 1.